The molecule has 1 unspecified atom stereocenters. The van der Waals surface area contributed by atoms with Gasteiger partial charge in [-0.25, -0.2) is 0 Å². The van der Waals surface area contributed by atoms with Crippen molar-refractivity contribution >= 4 is 5.87 Å². The molecule has 14 heavy (non-hydrogen) atoms. The molecule has 0 spiro atoms. The van der Waals surface area contributed by atoms with Crippen molar-refractivity contribution in [2.45, 2.75) is 6.40 Å². The molecule has 0 radical (unpaired) electrons. The number of hydrogen-bond donors (Lipinski definition) is 0. The Bertz CT molecular complexity index is 385. The van der Waals surface area contributed by atoms with Crippen LogP contribution >= 0.6 is 0 Å². The van der Waals surface area contributed by atoms with Crippen LogP contribution < -0.4 is 29.6 Å². The second kappa shape index (κ2) is 5.78. The molecule has 5 nitrogen and oxygen atoms in total. The molecule has 0 aromatic carbocycles. The van der Waals surface area contributed by atoms with Crippen LogP contribution in [0.2, 0.25) is 0 Å². The van der Waals surface area contributed by atoms with Crippen LogP contribution in [0.5, 0.6) is 0 Å². The van der Waals surface area contributed by atoms with Gasteiger partial charge in [0.05, 0.1) is 18.4 Å². The number of ether oxygens (including phenoxy) is 1. The minimum atomic E-state index is -1.27. The van der Waals surface area contributed by atoms with E-state index in [4.69, 9.17) is 11.5 Å². The zero-order chi connectivity index (χ0) is 10.7. The van der Waals surface area contributed by atoms with Gasteiger partial charge in [-0.3, -0.25) is 16.0 Å². The third-order valence-corrected chi connectivity index (χ3v) is 1.51. The van der Waals surface area contributed by atoms with Crippen molar-refractivity contribution in [3.05, 3.63) is 44.7 Å². The molecule has 0 saturated carbocycles. The van der Waals surface area contributed by atoms with Crippen LogP contribution in [0.25, 0.3) is 5.41 Å². The van der Waals surface area contributed by atoms with Gasteiger partial charge in [-0.2, -0.15) is 0 Å². The molecule has 0 saturated heterocycles. The minimum Gasteiger partial charge on any atom is -0.763 e. The normalized spacial score (nSPS) is 20.8. The predicted octanol–water partition coefficient (Wildman–Crippen LogP) is -1.75. The zero-order valence-corrected chi connectivity index (χ0v) is 9.85. The van der Waals surface area contributed by atoms with Crippen LogP contribution in [0.15, 0.2) is 29.2 Å². The summed E-state index contributed by atoms with van der Waals surface area (Å²) >= 11 is 0. The van der Waals surface area contributed by atoms with E-state index in [0.717, 1.165) is 0 Å². The van der Waals surface area contributed by atoms with Gasteiger partial charge in [0.15, 0.2) is 0 Å². The summed E-state index contributed by atoms with van der Waals surface area (Å²) in [6.07, 6.45) is 1.23. The maximum atomic E-state index is 10.4. The molecule has 0 aromatic heterocycles. The number of methoxy groups -OCH3 is 1. The Kier molecular flexibility index (Phi) is 4.62. The standard InChI is InChI=1S/C8H7N2O3.Na/c1-13-8-3-2-7(10(11)12)4-6(8)5-9;/h2-3H,4H2,1H3;/q-1;+1/i4D;. The van der Waals surface area contributed by atoms with E-state index in [0.29, 0.717) is 0 Å². The van der Waals surface area contributed by atoms with E-state index in [2.05, 4.69) is 0 Å². The first kappa shape index (κ1) is 11.2. The minimum absolute atomic E-state index is 0. The number of rotatable bonds is 2. The average Bonchev–Trinajstić information content (AvgIpc) is 2.16. The van der Waals surface area contributed by atoms with Crippen molar-refractivity contribution in [3.8, 4) is 0 Å². The topological polar surface area (TPSA) is 74.7 Å². The van der Waals surface area contributed by atoms with E-state index < -0.39 is 11.3 Å². The van der Waals surface area contributed by atoms with Crippen LogP contribution in [0.4, 0.5) is 0 Å². The van der Waals surface area contributed by atoms with Gasteiger partial charge >= 0.3 is 29.6 Å². The van der Waals surface area contributed by atoms with Crippen LogP contribution in [-0.4, -0.2) is 17.9 Å². The predicted molar refractivity (Wildman–Crippen MR) is 46.7 cm³/mol. The fourth-order valence-corrected chi connectivity index (χ4v) is 0.897. The Hall–Kier alpha value is -0.870. The summed E-state index contributed by atoms with van der Waals surface area (Å²) in [5.74, 6) is 1.94. The smallest absolute Gasteiger partial charge is 0.763 e. The van der Waals surface area contributed by atoms with Gasteiger partial charge in [-0.05, 0) is 6.08 Å². The number of nitro groups is 1. The van der Waals surface area contributed by atoms with Crippen molar-refractivity contribution in [2.24, 2.45) is 0 Å². The molecule has 0 aliphatic heterocycles. The summed E-state index contributed by atoms with van der Waals surface area (Å²) < 4.78 is 12.3. The van der Waals surface area contributed by atoms with E-state index in [1.54, 1.807) is 5.87 Å². The third-order valence-electron chi connectivity index (χ3n) is 1.51. The Balaban J connectivity index is 0.00000196. The van der Waals surface area contributed by atoms with E-state index >= 15 is 0 Å². The number of allylic oxidation sites excluding steroid dienone is 4. The molecule has 6 heteroatoms. The Morgan fingerprint density at radius 3 is 2.86 bits per heavy atom. The van der Waals surface area contributed by atoms with Crippen molar-refractivity contribution in [3.63, 3.8) is 0 Å². The maximum Gasteiger partial charge on any atom is 1.00 e. The van der Waals surface area contributed by atoms with E-state index in [9.17, 15) is 10.1 Å². The van der Waals surface area contributed by atoms with Gasteiger partial charge in [0.25, 0.3) is 5.70 Å². The van der Waals surface area contributed by atoms with Gasteiger partial charge in [-0.1, -0.05) is 0 Å². The maximum absolute atomic E-state index is 10.4. The Morgan fingerprint density at radius 2 is 2.43 bits per heavy atom. The van der Waals surface area contributed by atoms with Gasteiger partial charge in [0.2, 0.25) is 0 Å². The van der Waals surface area contributed by atoms with Gasteiger partial charge in [0, 0.05) is 13.0 Å². The average molecular weight is 203 g/mol. The SMILES string of the molecule is [2H]C1C(=C=[N-])C(OC)=CC=C1[N+](=O)[O-].[Na+]. The molecule has 68 valence electrons. The van der Waals surface area contributed by atoms with Crippen molar-refractivity contribution in [1.82, 2.24) is 0 Å². The first-order chi connectivity index (χ1) is 6.61. The first-order valence-electron chi connectivity index (χ1n) is 3.99. The molecule has 0 N–H and O–H groups in total. The molecule has 0 heterocycles. The summed E-state index contributed by atoms with van der Waals surface area (Å²) in [5, 5.41) is 19.1. The van der Waals surface area contributed by atoms with E-state index in [-0.39, 0.29) is 46.6 Å². The van der Waals surface area contributed by atoms with Crippen LogP contribution in [0.3, 0.4) is 0 Å². The summed E-state index contributed by atoms with van der Waals surface area (Å²) in [5.41, 5.74) is -0.357. The van der Waals surface area contributed by atoms with Crippen molar-refractivity contribution in [1.29, 1.82) is 0 Å². The molecule has 1 aliphatic carbocycles. The quantitative estimate of drug-likeness (QED) is 0.231. The molecule has 0 bridgehead atoms. The van der Waals surface area contributed by atoms with E-state index in [1.165, 1.54) is 19.3 Å². The molecule has 0 aromatic rings. The zero-order valence-electron chi connectivity index (χ0n) is 8.85. The summed E-state index contributed by atoms with van der Waals surface area (Å²) in [7, 11) is 1.35. The summed E-state index contributed by atoms with van der Waals surface area (Å²) in [6.45, 7) is 0. The largest absolute Gasteiger partial charge is 1.00 e. The van der Waals surface area contributed by atoms with Crippen LogP contribution in [0, 0.1) is 10.1 Å². The third kappa shape index (κ3) is 2.82. The monoisotopic (exact) mass is 203 g/mol. The molecule has 0 amide bonds. The Labute approximate surface area is 104 Å². The van der Waals surface area contributed by atoms with Crippen LogP contribution in [-0.2, 0) is 4.74 Å². The van der Waals surface area contributed by atoms with Crippen molar-refractivity contribution in [2.75, 3.05) is 7.11 Å². The molecule has 1 rings (SSSR count). The number of nitrogens with zero attached hydrogens (tertiary/aromatic N) is 2. The summed E-state index contributed by atoms with van der Waals surface area (Å²) in [4.78, 5) is 9.78. The molecular formula is C8H7N2NaO3. The molecule has 0 fully saturated rings. The van der Waals surface area contributed by atoms with Crippen molar-refractivity contribution < 1.29 is 40.6 Å². The van der Waals surface area contributed by atoms with Gasteiger partial charge in [-0.15, -0.1) is 0 Å². The fraction of sp³-hybridized carbons (Fsp3) is 0.250. The molecule has 1 atom stereocenters. The first-order valence-corrected chi connectivity index (χ1v) is 3.41. The van der Waals surface area contributed by atoms with Crippen LogP contribution in [0.1, 0.15) is 7.77 Å². The van der Waals surface area contributed by atoms with E-state index in [1.807, 2.05) is 0 Å². The van der Waals surface area contributed by atoms with Gasteiger partial charge < -0.3 is 10.1 Å². The second-order valence-electron chi connectivity index (χ2n) is 2.25. The van der Waals surface area contributed by atoms with Gasteiger partial charge in [0.1, 0.15) is 5.76 Å². The number of hydrogen-bond acceptors (Lipinski definition) is 3. The molecule has 1 aliphatic rings. The summed E-state index contributed by atoms with van der Waals surface area (Å²) in [6, 6.07) is 0. The second-order valence-corrected chi connectivity index (χ2v) is 2.25. The fourth-order valence-electron chi connectivity index (χ4n) is 0.897. The molecular weight excluding hydrogens is 195 g/mol. The Morgan fingerprint density at radius 1 is 1.79 bits per heavy atom.